The molecule has 1 amide bonds. The highest BCUT2D eigenvalue weighted by atomic mass is 16.5. The van der Waals surface area contributed by atoms with E-state index in [1.165, 1.54) is 0 Å². The quantitative estimate of drug-likeness (QED) is 0.623. The SMILES string of the molecule is Cc1cccc(OCCCNC(=O)CCn2c(=O)n(C)c3ccccc32)c1. The first-order valence-corrected chi connectivity index (χ1v) is 9.16. The fourth-order valence-corrected chi connectivity index (χ4v) is 3.08. The van der Waals surface area contributed by atoms with Crippen molar-refractivity contribution in [3.63, 3.8) is 0 Å². The van der Waals surface area contributed by atoms with Crippen LogP contribution in [0.5, 0.6) is 5.75 Å². The zero-order chi connectivity index (χ0) is 19.2. The van der Waals surface area contributed by atoms with Crippen LogP contribution in [0.3, 0.4) is 0 Å². The molecular formula is C21H25N3O3. The molecule has 0 fully saturated rings. The summed E-state index contributed by atoms with van der Waals surface area (Å²) in [4.78, 5) is 24.4. The van der Waals surface area contributed by atoms with Gasteiger partial charge in [-0.3, -0.25) is 13.9 Å². The topological polar surface area (TPSA) is 65.3 Å². The maximum absolute atomic E-state index is 12.3. The predicted octanol–water partition coefficient (Wildman–Crippen LogP) is 2.62. The van der Waals surface area contributed by atoms with E-state index in [0.717, 1.165) is 28.8 Å². The third kappa shape index (κ3) is 4.58. The Balaban J connectivity index is 1.43. The minimum absolute atomic E-state index is 0.0645. The lowest BCUT2D eigenvalue weighted by molar-refractivity contribution is -0.121. The van der Waals surface area contributed by atoms with E-state index in [4.69, 9.17) is 4.74 Å². The fraction of sp³-hybridized carbons (Fsp3) is 0.333. The fourth-order valence-electron chi connectivity index (χ4n) is 3.08. The summed E-state index contributed by atoms with van der Waals surface area (Å²) in [5, 5.41) is 2.88. The van der Waals surface area contributed by atoms with Crippen LogP contribution in [0.4, 0.5) is 0 Å². The summed E-state index contributed by atoms with van der Waals surface area (Å²) in [5.74, 6) is 0.780. The Kier molecular flexibility index (Phi) is 5.96. The molecule has 27 heavy (non-hydrogen) atoms. The van der Waals surface area contributed by atoms with Crippen LogP contribution in [0.1, 0.15) is 18.4 Å². The second-order valence-corrected chi connectivity index (χ2v) is 6.60. The monoisotopic (exact) mass is 367 g/mol. The molecule has 0 aliphatic carbocycles. The van der Waals surface area contributed by atoms with E-state index in [0.29, 0.717) is 19.7 Å². The molecule has 0 spiro atoms. The number of hydrogen-bond acceptors (Lipinski definition) is 3. The van der Waals surface area contributed by atoms with Gasteiger partial charge in [-0.25, -0.2) is 4.79 Å². The van der Waals surface area contributed by atoms with Crippen LogP contribution in [-0.2, 0) is 18.4 Å². The number of carbonyl (C=O) groups is 1. The number of aromatic nitrogens is 2. The highest BCUT2D eigenvalue weighted by Crippen LogP contribution is 2.13. The van der Waals surface area contributed by atoms with Gasteiger partial charge in [0, 0.05) is 26.6 Å². The maximum Gasteiger partial charge on any atom is 0.328 e. The molecule has 0 unspecified atom stereocenters. The van der Waals surface area contributed by atoms with Gasteiger partial charge in [0.25, 0.3) is 0 Å². The molecule has 2 aromatic carbocycles. The number of carbonyl (C=O) groups excluding carboxylic acids is 1. The number of rotatable bonds is 8. The van der Waals surface area contributed by atoms with Gasteiger partial charge >= 0.3 is 5.69 Å². The Morgan fingerprint density at radius 1 is 1.11 bits per heavy atom. The number of benzene rings is 2. The number of nitrogens with one attached hydrogen (secondary N) is 1. The molecule has 0 atom stereocenters. The van der Waals surface area contributed by atoms with E-state index in [1.807, 2.05) is 55.5 Å². The van der Waals surface area contributed by atoms with Gasteiger partial charge in [-0.15, -0.1) is 0 Å². The lowest BCUT2D eigenvalue weighted by atomic mass is 10.2. The Morgan fingerprint density at radius 3 is 2.67 bits per heavy atom. The molecule has 3 rings (SSSR count). The number of amides is 1. The first kappa shape index (κ1) is 18.8. The van der Waals surface area contributed by atoms with E-state index < -0.39 is 0 Å². The molecule has 0 aliphatic heterocycles. The lowest BCUT2D eigenvalue weighted by Crippen LogP contribution is -2.29. The molecule has 1 aromatic heterocycles. The Bertz CT molecular complexity index is 988. The zero-order valence-electron chi connectivity index (χ0n) is 15.8. The van der Waals surface area contributed by atoms with Crippen molar-refractivity contribution >= 4 is 16.9 Å². The van der Waals surface area contributed by atoms with Gasteiger partial charge in [0.15, 0.2) is 0 Å². The standard InChI is InChI=1S/C21H25N3O3/c1-16-7-5-8-17(15-16)27-14-6-12-22-20(25)11-13-24-19-10-4-3-9-18(19)23(2)21(24)26/h3-5,7-10,15H,6,11-14H2,1-2H3,(H,22,25). The summed E-state index contributed by atoms with van der Waals surface area (Å²) >= 11 is 0. The lowest BCUT2D eigenvalue weighted by Gasteiger charge is -2.08. The third-order valence-corrected chi connectivity index (χ3v) is 4.52. The molecule has 1 heterocycles. The molecule has 6 nitrogen and oxygen atoms in total. The number of hydrogen-bond donors (Lipinski definition) is 1. The molecule has 1 N–H and O–H groups in total. The van der Waals surface area contributed by atoms with Gasteiger partial charge in [0.05, 0.1) is 17.6 Å². The van der Waals surface area contributed by atoms with Gasteiger partial charge in [0.1, 0.15) is 5.75 Å². The van der Waals surface area contributed by atoms with Crippen LogP contribution in [0.2, 0.25) is 0 Å². The second kappa shape index (κ2) is 8.58. The van der Waals surface area contributed by atoms with Crippen LogP contribution in [0, 0.1) is 6.92 Å². The van der Waals surface area contributed by atoms with Gasteiger partial charge in [0.2, 0.25) is 5.91 Å². The third-order valence-electron chi connectivity index (χ3n) is 4.52. The number of ether oxygens (including phenoxy) is 1. The summed E-state index contributed by atoms with van der Waals surface area (Å²) in [6, 6.07) is 15.5. The summed E-state index contributed by atoms with van der Waals surface area (Å²) in [5.41, 5.74) is 2.78. The average molecular weight is 367 g/mol. The molecule has 0 saturated heterocycles. The van der Waals surface area contributed by atoms with E-state index in [9.17, 15) is 9.59 Å². The molecule has 3 aromatic rings. The summed E-state index contributed by atoms with van der Waals surface area (Å²) in [7, 11) is 1.75. The summed E-state index contributed by atoms with van der Waals surface area (Å²) in [6.45, 7) is 3.49. The Morgan fingerprint density at radius 2 is 1.89 bits per heavy atom. The van der Waals surface area contributed by atoms with Crippen molar-refractivity contribution in [2.24, 2.45) is 7.05 Å². The first-order valence-electron chi connectivity index (χ1n) is 9.16. The molecule has 6 heteroatoms. The average Bonchev–Trinajstić information content (AvgIpc) is 2.91. The zero-order valence-corrected chi connectivity index (χ0v) is 15.8. The normalized spacial score (nSPS) is 10.9. The molecular weight excluding hydrogens is 342 g/mol. The van der Waals surface area contributed by atoms with Crippen molar-refractivity contribution in [2.45, 2.75) is 26.3 Å². The first-order chi connectivity index (χ1) is 13.1. The van der Waals surface area contributed by atoms with Crippen LogP contribution < -0.4 is 15.7 Å². The predicted molar refractivity (Wildman–Crippen MR) is 106 cm³/mol. The molecule has 0 bridgehead atoms. The Labute approximate surface area is 158 Å². The van der Waals surface area contributed by atoms with Crippen LogP contribution in [0.15, 0.2) is 53.3 Å². The van der Waals surface area contributed by atoms with E-state index in [2.05, 4.69) is 5.32 Å². The molecule has 0 radical (unpaired) electrons. The van der Waals surface area contributed by atoms with Crippen molar-refractivity contribution in [3.8, 4) is 5.75 Å². The van der Waals surface area contributed by atoms with E-state index >= 15 is 0 Å². The minimum atomic E-state index is -0.101. The number of para-hydroxylation sites is 2. The highest BCUT2D eigenvalue weighted by Gasteiger charge is 2.11. The smallest absolute Gasteiger partial charge is 0.328 e. The number of nitrogens with zero attached hydrogens (tertiary/aromatic N) is 2. The molecule has 0 aliphatic rings. The Hall–Kier alpha value is -3.02. The highest BCUT2D eigenvalue weighted by molar-refractivity contribution is 5.77. The van der Waals surface area contributed by atoms with Gasteiger partial charge in [-0.1, -0.05) is 24.3 Å². The summed E-state index contributed by atoms with van der Waals surface area (Å²) in [6.07, 6.45) is 1.00. The van der Waals surface area contributed by atoms with Crippen molar-refractivity contribution in [1.29, 1.82) is 0 Å². The van der Waals surface area contributed by atoms with Gasteiger partial charge < -0.3 is 10.1 Å². The molecule has 142 valence electrons. The number of aryl methyl sites for hydroxylation is 3. The number of imidazole rings is 1. The van der Waals surface area contributed by atoms with Crippen molar-refractivity contribution in [2.75, 3.05) is 13.2 Å². The molecule has 0 saturated carbocycles. The number of fused-ring (bicyclic) bond motifs is 1. The van der Waals surface area contributed by atoms with Crippen LogP contribution >= 0.6 is 0 Å². The van der Waals surface area contributed by atoms with Crippen molar-refractivity contribution in [1.82, 2.24) is 14.5 Å². The minimum Gasteiger partial charge on any atom is -0.494 e. The second-order valence-electron chi connectivity index (χ2n) is 6.60. The van der Waals surface area contributed by atoms with Crippen LogP contribution in [-0.4, -0.2) is 28.2 Å². The van der Waals surface area contributed by atoms with Crippen LogP contribution in [0.25, 0.3) is 11.0 Å². The van der Waals surface area contributed by atoms with Crippen molar-refractivity contribution in [3.05, 3.63) is 64.6 Å². The largest absolute Gasteiger partial charge is 0.494 e. The van der Waals surface area contributed by atoms with Crippen molar-refractivity contribution < 1.29 is 9.53 Å². The van der Waals surface area contributed by atoms with E-state index in [1.54, 1.807) is 16.2 Å². The van der Waals surface area contributed by atoms with E-state index in [-0.39, 0.29) is 18.0 Å². The van der Waals surface area contributed by atoms with Gasteiger partial charge in [-0.05, 0) is 43.2 Å². The summed E-state index contributed by atoms with van der Waals surface area (Å²) < 4.78 is 8.92. The van der Waals surface area contributed by atoms with Gasteiger partial charge in [-0.2, -0.15) is 0 Å². The maximum atomic E-state index is 12.3.